The normalized spacial score (nSPS) is 16.3. The van der Waals surface area contributed by atoms with Crippen LogP contribution in [0, 0.1) is 5.92 Å². The molecule has 2 amide bonds. The number of nitrogens with one attached hydrogen (secondary N) is 2. The molecule has 1 aliphatic heterocycles. The van der Waals surface area contributed by atoms with Crippen molar-refractivity contribution in [2.24, 2.45) is 5.92 Å². The van der Waals surface area contributed by atoms with E-state index in [2.05, 4.69) is 10.3 Å². The van der Waals surface area contributed by atoms with Gasteiger partial charge >= 0.3 is 0 Å². The number of methoxy groups -OCH3 is 2. The van der Waals surface area contributed by atoms with E-state index in [1.165, 1.54) is 0 Å². The zero-order chi connectivity index (χ0) is 21.1. The average Bonchev–Trinajstić information content (AvgIpc) is 3.26. The zero-order valence-corrected chi connectivity index (χ0v) is 17.1. The van der Waals surface area contributed by atoms with Gasteiger partial charge in [-0.15, -0.1) is 0 Å². The number of benzene rings is 2. The second kappa shape index (κ2) is 8.49. The number of rotatable bonds is 5. The highest BCUT2D eigenvalue weighted by Gasteiger charge is 2.29. The molecule has 1 saturated heterocycles. The summed E-state index contributed by atoms with van der Waals surface area (Å²) in [7, 11) is 3.13. The first-order chi connectivity index (χ1) is 14.6. The largest absolute Gasteiger partial charge is 0.497 e. The van der Waals surface area contributed by atoms with Crippen molar-refractivity contribution in [3.8, 4) is 11.5 Å². The standard InChI is InChI=1S/C23H25N3O4/c1-29-19-11-18(12-20(13-19)30-2)25-22(27)17-4-3-9-26(14-17)23(28)16-6-5-15-7-8-24-21(15)10-16/h5-8,10-13,17,24H,3-4,9,14H2,1-2H3,(H,25,27). The highest BCUT2D eigenvalue weighted by Crippen LogP contribution is 2.27. The maximum atomic E-state index is 13.0. The molecule has 1 aliphatic rings. The zero-order valence-electron chi connectivity index (χ0n) is 17.1. The van der Waals surface area contributed by atoms with Gasteiger partial charge < -0.3 is 24.7 Å². The lowest BCUT2D eigenvalue weighted by Crippen LogP contribution is -2.43. The molecule has 3 aromatic rings. The van der Waals surface area contributed by atoms with Crippen LogP contribution in [0.5, 0.6) is 11.5 Å². The molecular weight excluding hydrogens is 382 g/mol. The van der Waals surface area contributed by atoms with Gasteiger partial charge in [-0.1, -0.05) is 6.07 Å². The molecule has 2 heterocycles. The maximum absolute atomic E-state index is 13.0. The molecule has 0 saturated carbocycles. The maximum Gasteiger partial charge on any atom is 0.253 e. The summed E-state index contributed by atoms with van der Waals surface area (Å²) in [5.74, 6) is 0.776. The van der Waals surface area contributed by atoms with Crippen molar-refractivity contribution in [3.63, 3.8) is 0 Å². The fourth-order valence-electron chi connectivity index (χ4n) is 3.86. The number of aromatic amines is 1. The number of aromatic nitrogens is 1. The Kier molecular flexibility index (Phi) is 5.61. The minimum Gasteiger partial charge on any atom is -0.497 e. The van der Waals surface area contributed by atoms with Crippen LogP contribution in [-0.2, 0) is 4.79 Å². The van der Waals surface area contributed by atoms with Gasteiger partial charge in [-0.2, -0.15) is 0 Å². The van der Waals surface area contributed by atoms with E-state index in [0.717, 1.165) is 23.7 Å². The highest BCUT2D eigenvalue weighted by molar-refractivity contribution is 5.99. The Balaban J connectivity index is 1.45. The van der Waals surface area contributed by atoms with Gasteiger partial charge in [0.25, 0.3) is 5.91 Å². The number of hydrogen-bond donors (Lipinski definition) is 2. The monoisotopic (exact) mass is 407 g/mol. The molecule has 2 aromatic carbocycles. The van der Waals surface area contributed by atoms with Crippen LogP contribution in [0.25, 0.3) is 10.9 Å². The van der Waals surface area contributed by atoms with Crippen LogP contribution in [0.4, 0.5) is 5.69 Å². The first-order valence-corrected chi connectivity index (χ1v) is 9.97. The number of ether oxygens (including phenoxy) is 2. The Labute approximate surface area is 175 Å². The molecule has 156 valence electrons. The Hall–Kier alpha value is -3.48. The topological polar surface area (TPSA) is 83.7 Å². The smallest absolute Gasteiger partial charge is 0.253 e. The van der Waals surface area contributed by atoms with Gasteiger partial charge in [0, 0.05) is 54.3 Å². The molecule has 1 atom stereocenters. The number of nitrogens with zero attached hydrogens (tertiary/aromatic N) is 1. The van der Waals surface area contributed by atoms with Crippen LogP contribution in [-0.4, -0.2) is 49.0 Å². The first kappa shape index (κ1) is 19.8. The molecule has 0 aliphatic carbocycles. The van der Waals surface area contributed by atoms with E-state index in [1.54, 1.807) is 37.3 Å². The number of fused-ring (bicyclic) bond motifs is 1. The second-order valence-electron chi connectivity index (χ2n) is 7.46. The van der Waals surface area contributed by atoms with Gasteiger partial charge in [-0.05, 0) is 36.4 Å². The van der Waals surface area contributed by atoms with Crippen molar-refractivity contribution >= 4 is 28.4 Å². The van der Waals surface area contributed by atoms with Crippen molar-refractivity contribution < 1.29 is 19.1 Å². The summed E-state index contributed by atoms with van der Waals surface area (Å²) in [5, 5.41) is 4.01. The predicted octanol–water partition coefficient (Wildman–Crippen LogP) is 3.68. The summed E-state index contributed by atoms with van der Waals surface area (Å²) >= 11 is 0. The van der Waals surface area contributed by atoms with Crippen molar-refractivity contribution in [1.82, 2.24) is 9.88 Å². The molecule has 4 rings (SSSR count). The third kappa shape index (κ3) is 4.10. The molecular formula is C23H25N3O4. The first-order valence-electron chi connectivity index (χ1n) is 9.97. The van der Waals surface area contributed by atoms with Crippen LogP contribution in [0.2, 0.25) is 0 Å². The number of carbonyl (C=O) groups is 2. The summed E-state index contributed by atoms with van der Waals surface area (Å²) in [6.07, 6.45) is 3.39. The minimum absolute atomic E-state index is 0.0490. The number of amides is 2. The lowest BCUT2D eigenvalue weighted by atomic mass is 9.96. The fraction of sp³-hybridized carbons (Fsp3) is 0.304. The number of likely N-dealkylation sites (tertiary alicyclic amines) is 1. The fourth-order valence-corrected chi connectivity index (χ4v) is 3.86. The van der Waals surface area contributed by atoms with E-state index in [0.29, 0.717) is 35.8 Å². The lowest BCUT2D eigenvalue weighted by molar-refractivity contribution is -0.121. The molecule has 7 heteroatoms. The number of carbonyl (C=O) groups excluding carboxylic acids is 2. The van der Waals surface area contributed by atoms with Gasteiger partial charge in [0.05, 0.1) is 20.1 Å². The SMILES string of the molecule is COc1cc(NC(=O)C2CCCN(C(=O)c3ccc4cc[nH]c4c3)C2)cc(OC)c1. The predicted molar refractivity (Wildman–Crippen MR) is 115 cm³/mol. The molecule has 1 unspecified atom stereocenters. The van der Waals surface area contributed by atoms with Crippen LogP contribution >= 0.6 is 0 Å². The number of H-pyrrole nitrogens is 1. The van der Waals surface area contributed by atoms with Gasteiger partial charge in [-0.3, -0.25) is 9.59 Å². The average molecular weight is 407 g/mol. The van der Waals surface area contributed by atoms with E-state index in [-0.39, 0.29) is 17.7 Å². The molecule has 7 nitrogen and oxygen atoms in total. The molecule has 0 bridgehead atoms. The molecule has 1 fully saturated rings. The van der Waals surface area contributed by atoms with E-state index in [4.69, 9.17) is 9.47 Å². The molecule has 1 aromatic heterocycles. The van der Waals surface area contributed by atoms with Crippen molar-refractivity contribution in [2.75, 3.05) is 32.6 Å². The van der Waals surface area contributed by atoms with Crippen molar-refractivity contribution in [2.45, 2.75) is 12.8 Å². The third-order valence-corrected chi connectivity index (χ3v) is 5.50. The minimum atomic E-state index is -0.269. The Bertz CT molecular complexity index is 1050. The van der Waals surface area contributed by atoms with Gasteiger partial charge in [0.2, 0.25) is 5.91 Å². The molecule has 30 heavy (non-hydrogen) atoms. The van der Waals surface area contributed by atoms with Crippen LogP contribution < -0.4 is 14.8 Å². The van der Waals surface area contributed by atoms with Gasteiger partial charge in [0.1, 0.15) is 11.5 Å². The Morgan fingerprint density at radius 3 is 2.57 bits per heavy atom. The van der Waals surface area contributed by atoms with Gasteiger partial charge in [0.15, 0.2) is 0 Å². The van der Waals surface area contributed by atoms with Crippen LogP contribution in [0.1, 0.15) is 23.2 Å². The number of anilines is 1. The summed E-state index contributed by atoms with van der Waals surface area (Å²) in [5.41, 5.74) is 2.17. The quantitative estimate of drug-likeness (QED) is 0.676. The number of hydrogen-bond acceptors (Lipinski definition) is 4. The second-order valence-corrected chi connectivity index (χ2v) is 7.46. The summed E-state index contributed by atoms with van der Waals surface area (Å²) in [6.45, 7) is 1.05. The van der Waals surface area contributed by atoms with E-state index >= 15 is 0 Å². The van der Waals surface area contributed by atoms with E-state index in [9.17, 15) is 9.59 Å². The molecule has 0 radical (unpaired) electrons. The highest BCUT2D eigenvalue weighted by atomic mass is 16.5. The molecule has 0 spiro atoms. The number of piperidine rings is 1. The molecule has 2 N–H and O–H groups in total. The summed E-state index contributed by atoms with van der Waals surface area (Å²) in [6, 6.07) is 12.9. The van der Waals surface area contributed by atoms with Crippen LogP contribution in [0.15, 0.2) is 48.7 Å². The van der Waals surface area contributed by atoms with Crippen molar-refractivity contribution in [1.29, 1.82) is 0 Å². The third-order valence-electron chi connectivity index (χ3n) is 5.50. The Morgan fingerprint density at radius 2 is 1.83 bits per heavy atom. The lowest BCUT2D eigenvalue weighted by Gasteiger charge is -2.32. The Morgan fingerprint density at radius 1 is 1.07 bits per heavy atom. The van der Waals surface area contributed by atoms with Gasteiger partial charge in [-0.25, -0.2) is 0 Å². The van der Waals surface area contributed by atoms with Crippen LogP contribution in [0.3, 0.4) is 0 Å². The summed E-state index contributed by atoms with van der Waals surface area (Å²) in [4.78, 5) is 30.8. The summed E-state index contributed by atoms with van der Waals surface area (Å²) < 4.78 is 10.5. The van der Waals surface area contributed by atoms with E-state index < -0.39 is 0 Å². The van der Waals surface area contributed by atoms with E-state index in [1.807, 2.05) is 30.5 Å². The van der Waals surface area contributed by atoms with Crippen molar-refractivity contribution in [3.05, 3.63) is 54.2 Å².